The lowest BCUT2D eigenvalue weighted by atomic mass is 9.86. The molecular weight excluding hydrogens is 422 g/mol. The molecule has 32 heavy (non-hydrogen) atoms. The van der Waals surface area contributed by atoms with E-state index in [0.29, 0.717) is 30.1 Å². The van der Waals surface area contributed by atoms with Crippen molar-refractivity contribution in [3.8, 4) is 17.0 Å². The van der Waals surface area contributed by atoms with E-state index in [4.69, 9.17) is 32.9 Å². The third kappa shape index (κ3) is 3.32. The average Bonchev–Trinajstić information content (AvgIpc) is 3.27. The largest absolute Gasteiger partial charge is 0.496 e. The molecule has 2 aromatic rings. The number of carbonyl (C=O) groups excluding carboxylic acids is 2. The molecule has 2 heterocycles. The van der Waals surface area contributed by atoms with Gasteiger partial charge in [-0.05, 0) is 12.5 Å². The molecule has 0 amide bonds. The van der Waals surface area contributed by atoms with Crippen molar-refractivity contribution in [2.75, 3.05) is 41.7 Å². The van der Waals surface area contributed by atoms with Crippen LogP contribution in [0.25, 0.3) is 17.3 Å². The van der Waals surface area contributed by atoms with Crippen LogP contribution in [0.3, 0.4) is 0 Å². The summed E-state index contributed by atoms with van der Waals surface area (Å²) in [4.78, 5) is 26.0. The Morgan fingerprint density at radius 2 is 1.81 bits per heavy atom. The Bertz CT molecular complexity index is 1060. The van der Waals surface area contributed by atoms with E-state index in [0.717, 1.165) is 6.42 Å². The number of nitrogens with zero attached hydrogens (tertiary/aromatic N) is 1. The van der Waals surface area contributed by atoms with Crippen molar-refractivity contribution in [3.63, 3.8) is 0 Å². The van der Waals surface area contributed by atoms with Crippen LogP contribution in [0, 0.1) is 0 Å². The summed E-state index contributed by atoms with van der Waals surface area (Å²) in [5, 5.41) is 4.14. The molecule has 10 nitrogen and oxygen atoms in total. The van der Waals surface area contributed by atoms with Gasteiger partial charge < -0.3 is 32.9 Å². The van der Waals surface area contributed by atoms with Gasteiger partial charge in [-0.3, -0.25) is 4.79 Å². The maximum Gasteiger partial charge on any atom is 0.339 e. The summed E-state index contributed by atoms with van der Waals surface area (Å²) in [5.74, 6) is -2.99. The first-order valence-corrected chi connectivity index (χ1v) is 9.88. The average molecular weight is 445 g/mol. The first-order chi connectivity index (χ1) is 15.5. The molecule has 0 unspecified atom stereocenters. The lowest BCUT2D eigenvalue weighted by molar-refractivity contribution is -0.182. The third-order valence-electron chi connectivity index (χ3n) is 5.45. The van der Waals surface area contributed by atoms with Crippen molar-refractivity contribution < 1.29 is 42.5 Å². The van der Waals surface area contributed by atoms with Gasteiger partial charge in [-0.15, -0.1) is 0 Å². The zero-order chi connectivity index (χ0) is 22.9. The molecule has 1 aromatic heterocycles. The molecule has 0 atom stereocenters. The number of hydrogen-bond donors (Lipinski definition) is 0. The number of hydrogen-bond acceptors (Lipinski definition) is 10. The first kappa shape index (κ1) is 22.2. The third-order valence-corrected chi connectivity index (χ3v) is 5.45. The Morgan fingerprint density at radius 1 is 1.09 bits per heavy atom. The summed E-state index contributed by atoms with van der Waals surface area (Å²) in [6.45, 7) is 1.05. The van der Waals surface area contributed by atoms with Gasteiger partial charge in [-0.2, -0.15) is 0 Å². The maximum absolute atomic E-state index is 13.7. The number of carbonyl (C=O) groups is 2. The highest BCUT2D eigenvalue weighted by Gasteiger charge is 2.53. The van der Waals surface area contributed by atoms with Gasteiger partial charge in [-0.25, -0.2) is 4.79 Å². The fraction of sp³-hybridized carbons (Fsp3) is 0.409. The second kappa shape index (κ2) is 8.83. The molecule has 0 saturated carbocycles. The van der Waals surface area contributed by atoms with Crippen LogP contribution in [0.15, 0.2) is 28.3 Å². The van der Waals surface area contributed by atoms with Gasteiger partial charge in [0.05, 0.1) is 38.6 Å². The lowest BCUT2D eigenvalue weighted by Crippen LogP contribution is -2.49. The zero-order valence-corrected chi connectivity index (χ0v) is 18.1. The highest BCUT2D eigenvalue weighted by Crippen LogP contribution is 2.45. The highest BCUT2D eigenvalue weighted by atomic mass is 16.7. The molecule has 1 aliphatic carbocycles. The van der Waals surface area contributed by atoms with Crippen molar-refractivity contribution in [2.45, 2.75) is 18.5 Å². The van der Waals surface area contributed by atoms with Gasteiger partial charge in [0.2, 0.25) is 5.78 Å². The van der Waals surface area contributed by atoms with Gasteiger partial charge in [0.15, 0.2) is 12.1 Å². The van der Waals surface area contributed by atoms with Gasteiger partial charge in [0, 0.05) is 25.9 Å². The van der Waals surface area contributed by atoms with Crippen molar-refractivity contribution in [1.82, 2.24) is 5.16 Å². The number of ketones is 1. The number of esters is 1. The van der Waals surface area contributed by atoms with E-state index in [1.165, 1.54) is 34.5 Å². The van der Waals surface area contributed by atoms with Crippen LogP contribution in [-0.4, -0.2) is 64.3 Å². The second-order valence-corrected chi connectivity index (χ2v) is 7.03. The molecule has 10 heteroatoms. The molecule has 170 valence electrons. The summed E-state index contributed by atoms with van der Waals surface area (Å²) >= 11 is 0. The van der Waals surface area contributed by atoms with Crippen LogP contribution >= 0.6 is 0 Å². The van der Waals surface area contributed by atoms with Crippen LogP contribution in [0.5, 0.6) is 5.75 Å². The quantitative estimate of drug-likeness (QED) is 0.485. The lowest BCUT2D eigenvalue weighted by Gasteiger charge is -2.32. The monoisotopic (exact) mass is 445 g/mol. The minimum absolute atomic E-state index is 0.0671. The normalized spacial score (nSPS) is 18.1. The van der Waals surface area contributed by atoms with Crippen LogP contribution in [-0.2, 0) is 28.5 Å². The van der Waals surface area contributed by atoms with Crippen molar-refractivity contribution in [2.24, 2.45) is 0 Å². The molecule has 4 rings (SSSR count). The number of ether oxygens (including phenoxy) is 6. The SMILES string of the molecule is COC(=O)C1=Cc2onc(-c3c(OC)cccc3C3OCCCO3)c2C(=O)C1(OC)OC. The van der Waals surface area contributed by atoms with E-state index >= 15 is 0 Å². The summed E-state index contributed by atoms with van der Waals surface area (Å²) in [7, 11) is 5.21. The second-order valence-electron chi connectivity index (χ2n) is 7.03. The van der Waals surface area contributed by atoms with Crippen LogP contribution in [0.1, 0.15) is 34.4 Å². The molecule has 0 bridgehead atoms. The molecule has 1 aliphatic heterocycles. The number of rotatable bonds is 6. The molecule has 0 spiro atoms. The Hall–Kier alpha value is -3.05. The van der Waals surface area contributed by atoms with E-state index in [9.17, 15) is 9.59 Å². The summed E-state index contributed by atoms with van der Waals surface area (Å²) in [6, 6.07) is 5.32. The maximum atomic E-state index is 13.7. The van der Waals surface area contributed by atoms with Crippen LogP contribution < -0.4 is 4.74 Å². The number of Topliss-reactive ketones (excluding diaryl/α,β-unsaturated/α-hetero) is 1. The Kier molecular flexibility index (Phi) is 6.11. The summed E-state index contributed by atoms with van der Waals surface area (Å²) in [6.07, 6.45) is 1.43. The predicted molar refractivity (Wildman–Crippen MR) is 109 cm³/mol. The topological polar surface area (TPSA) is 116 Å². The molecule has 0 N–H and O–H groups in total. The molecule has 1 saturated heterocycles. The molecule has 1 fully saturated rings. The minimum atomic E-state index is -2.03. The molecule has 2 aliphatic rings. The highest BCUT2D eigenvalue weighted by molar-refractivity contribution is 6.18. The molecule has 0 radical (unpaired) electrons. The predicted octanol–water partition coefficient (Wildman–Crippen LogP) is 2.53. The Morgan fingerprint density at radius 3 is 2.44 bits per heavy atom. The Balaban J connectivity index is 1.94. The number of aromatic nitrogens is 1. The van der Waals surface area contributed by atoms with E-state index in [1.807, 2.05) is 0 Å². The summed E-state index contributed by atoms with van der Waals surface area (Å²) in [5.41, 5.74) is 1.19. The van der Waals surface area contributed by atoms with E-state index in [-0.39, 0.29) is 22.6 Å². The fourth-order valence-corrected chi connectivity index (χ4v) is 3.93. The van der Waals surface area contributed by atoms with E-state index in [2.05, 4.69) is 5.16 Å². The number of methoxy groups -OCH3 is 4. The fourth-order valence-electron chi connectivity index (χ4n) is 3.93. The van der Waals surface area contributed by atoms with Crippen molar-refractivity contribution in [1.29, 1.82) is 0 Å². The molecule has 1 aromatic carbocycles. The zero-order valence-electron chi connectivity index (χ0n) is 18.1. The van der Waals surface area contributed by atoms with E-state index < -0.39 is 23.8 Å². The van der Waals surface area contributed by atoms with Crippen LogP contribution in [0.4, 0.5) is 0 Å². The van der Waals surface area contributed by atoms with Gasteiger partial charge in [0.1, 0.15) is 17.0 Å². The smallest absolute Gasteiger partial charge is 0.339 e. The number of benzene rings is 1. The standard InChI is InChI=1S/C22H23NO9/c1-26-14-8-5-7-12(21-30-9-6-10-31-21)16(14)18-17-15(32-23-18)11-13(20(25)27-2)22(28-3,29-4)19(17)24/h5,7-8,11,21H,6,9-10H2,1-4H3. The van der Waals surface area contributed by atoms with Crippen LogP contribution in [0.2, 0.25) is 0 Å². The summed E-state index contributed by atoms with van der Waals surface area (Å²) < 4.78 is 38.2. The number of fused-ring (bicyclic) bond motifs is 1. The first-order valence-electron chi connectivity index (χ1n) is 9.88. The van der Waals surface area contributed by atoms with Gasteiger partial charge in [0.25, 0.3) is 5.79 Å². The van der Waals surface area contributed by atoms with Crippen molar-refractivity contribution in [3.05, 3.63) is 40.7 Å². The van der Waals surface area contributed by atoms with Gasteiger partial charge >= 0.3 is 5.97 Å². The Labute approximate surface area is 184 Å². The molecular formula is C22H23NO9. The van der Waals surface area contributed by atoms with Crippen molar-refractivity contribution >= 4 is 17.8 Å². The van der Waals surface area contributed by atoms with Gasteiger partial charge in [-0.1, -0.05) is 17.3 Å². The minimum Gasteiger partial charge on any atom is -0.496 e. The van der Waals surface area contributed by atoms with E-state index in [1.54, 1.807) is 18.2 Å².